The van der Waals surface area contributed by atoms with Crippen LogP contribution in [0.2, 0.25) is 0 Å². The van der Waals surface area contributed by atoms with Crippen molar-refractivity contribution in [3.63, 3.8) is 0 Å². The van der Waals surface area contributed by atoms with Crippen molar-refractivity contribution in [3.05, 3.63) is 47.8 Å². The summed E-state index contributed by atoms with van der Waals surface area (Å²) in [6.07, 6.45) is 0. The third kappa shape index (κ3) is 4.01. The van der Waals surface area contributed by atoms with Crippen LogP contribution in [-0.2, 0) is 4.79 Å². The minimum Gasteiger partial charge on any atom is -0.497 e. The molecule has 0 aliphatic heterocycles. The van der Waals surface area contributed by atoms with Crippen LogP contribution in [0, 0.1) is 5.82 Å². The van der Waals surface area contributed by atoms with E-state index in [0.29, 0.717) is 17.2 Å². The molecule has 7 heteroatoms. The summed E-state index contributed by atoms with van der Waals surface area (Å²) < 4.78 is 24.1. The fourth-order valence-corrected chi connectivity index (χ4v) is 2.08. The Hall–Kier alpha value is -3.09. The van der Waals surface area contributed by atoms with Crippen LogP contribution in [0.25, 0.3) is 0 Å². The van der Waals surface area contributed by atoms with Crippen molar-refractivity contribution in [2.45, 2.75) is 6.92 Å². The highest BCUT2D eigenvalue weighted by Crippen LogP contribution is 2.26. The molecule has 0 saturated carbocycles. The van der Waals surface area contributed by atoms with Crippen LogP contribution in [0.5, 0.6) is 11.5 Å². The molecule has 2 N–H and O–H groups in total. The van der Waals surface area contributed by atoms with E-state index in [-0.39, 0.29) is 17.2 Å². The summed E-state index contributed by atoms with van der Waals surface area (Å²) in [4.78, 5) is 23.5. The number of carbonyl (C=O) groups is 2. The van der Waals surface area contributed by atoms with Gasteiger partial charge in [-0.1, -0.05) is 0 Å². The normalized spacial score (nSPS) is 10.0. The highest BCUT2D eigenvalue weighted by molar-refractivity contribution is 6.06. The average Bonchev–Trinajstić information content (AvgIpc) is 2.56. The van der Waals surface area contributed by atoms with Gasteiger partial charge in [0.25, 0.3) is 5.91 Å². The lowest BCUT2D eigenvalue weighted by Gasteiger charge is -2.12. The largest absolute Gasteiger partial charge is 0.497 e. The first kappa shape index (κ1) is 17.3. The molecule has 0 heterocycles. The zero-order chi connectivity index (χ0) is 17.7. The Kier molecular flexibility index (Phi) is 5.36. The minimum atomic E-state index is -0.620. The van der Waals surface area contributed by atoms with Crippen LogP contribution in [-0.4, -0.2) is 26.0 Å². The molecule has 0 atom stereocenters. The van der Waals surface area contributed by atoms with E-state index in [1.165, 1.54) is 39.3 Å². The Labute approximate surface area is 138 Å². The molecule has 2 aromatic carbocycles. The summed E-state index contributed by atoms with van der Waals surface area (Å²) in [5, 5.41) is 4.99. The molecule has 0 aliphatic carbocycles. The first-order valence-electron chi connectivity index (χ1n) is 7.05. The molecule has 2 aromatic rings. The van der Waals surface area contributed by atoms with Crippen molar-refractivity contribution in [1.82, 2.24) is 0 Å². The van der Waals surface area contributed by atoms with Gasteiger partial charge < -0.3 is 20.1 Å². The van der Waals surface area contributed by atoms with Crippen molar-refractivity contribution in [3.8, 4) is 11.5 Å². The van der Waals surface area contributed by atoms with Gasteiger partial charge in [0, 0.05) is 18.7 Å². The van der Waals surface area contributed by atoms with E-state index in [2.05, 4.69) is 10.6 Å². The zero-order valence-corrected chi connectivity index (χ0v) is 13.5. The first-order chi connectivity index (χ1) is 11.4. The summed E-state index contributed by atoms with van der Waals surface area (Å²) in [7, 11) is 2.92. The molecule has 2 amide bonds. The van der Waals surface area contributed by atoms with Gasteiger partial charge in [0.05, 0.1) is 25.5 Å². The molecule has 24 heavy (non-hydrogen) atoms. The second-order valence-electron chi connectivity index (χ2n) is 4.90. The molecule has 0 saturated heterocycles. The average molecular weight is 332 g/mol. The van der Waals surface area contributed by atoms with Crippen LogP contribution >= 0.6 is 0 Å². The summed E-state index contributed by atoms with van der Waals surface area (Å²) in [5.41, 5.74) is 0.549. The first-order valence-corrected chi connectivity index (χ1v) is 7.05. The number of nitrogens with one attached hydrogen (secondary N) is 2. The van der Waals surface area contributed by atoms with Gasteiger partial charge in [-0.3, -0.25) is 9.59 Å². The monoisotopic (exact) mass is 332 g/mol. The molecule has 0 unspecified atom stereocenters. The standard InChI is InChI=1S/C17H17FN2O4/c1-10(21)19-11-4-7-14(18)15(8-11)20-17(22)13-6-5-12(23-2)9-16(13)24-3/h4-9H,1-3H3,(H,19,21)(H,20,22). The second-order valence-corrected chi connectivity index (χ2v) is 4.90. The lowest BCUT2D eigenvalue weighted by atomic mass is 10.1. The molecule has 0 aromatic heterocycles. The van der Waals surface area contributed by atoms with E-state index in [1.807, 2.05) is 0 Å². The number of halogens is 1. The second kappa shape index (κ2) is 7.45. The Bertz CT molecular complexity index is 777. The molecular formula is C17H17FN2O4. The molecule has 0 aliphatic rings. The number of amides is 2. The highest BCUT2D eigenvalue weighted by Gasteiger charge is 2.15. The maximum Gasteiger partial charge on any atom is 0.259 e. The summed E-state index contributed by atoms with van der Waals surface area (Å²) >= 11 is 0. The van der Waals surface area contributed by atoms with Gasteiger partial charge in [-0.15, -0.1) is 0 Å². The van der Waals surface area contributed by atoms with Crippen LogP contribution in [0.4, 0.5) is 15.8 Å². The molecule has 2 rings (SSSR count). The highest BCUT2D eigenvalue weighted by atomic mass is 19.1. The Balaban J connectivity index is 2.28. The van der Waals surface area contributed by atoms with Gasteiger partial charge in [0.15, 0.2) is 0 Å². The Morgan fingerprint density at radius 1 is 1.00 bits per heavy atom. The molecule has 0 spiro atoms. The van der Waals surface area contributed by atoms with Gasteiger partial charge in [0.2, 0.25) is 5.91 Å². The van der Waals surface area contributed by atoms with E-state index in [0.717, 1.165) is 6.07 Å². The third-order valence-electron chi connectivity index (χ3n) is 3.19. The van der Waals surface area contributed by atoms with E-state index in [1.54, 1.807) is 12.1 Å². The summed E-state index contributed by atoms with van der Waals surface area (Å²) in [5.74, 6) is -0.637. The number of carbonyl (C=O) groups excluding carboxylic acids is 2. The topological polar surface area (TPSA) is 76.7 Å². The Morgan fingerprint density at radius 2 is 1.75 bits per heavy atom. The molecule has 0 bridgehead atoms. The molecule has 6 nitrogen and oxygen atoms in total. The van der Waals surface area contributed by atoms with E-state index >= 15 is 0 Å². The van der Waals surface area contributed by atoms with Crippen LogP contribution in [0.3, 0.4) is 0 Å². The number of benzene rings is 2. The lowest BCUT2D eigenvalue weighted by molar-refractivity contribution is -0.114. The van der Waals surface area contributed by atoms with Crippen molar-refractivity contribution in [1.29, 1.82) is 0 Å². The number of hydrogen-bond acceptors (Lipinski definition) is 4. The molecule has 0 radical (unpaired) electrons. The summed E-state index contributed by atoms with van der Waals surface area (Å²) in [6.45, 7) is 1.34. The fourth-order valence-electron chi connectivity index (χ4n) is 2.08. The minimum absolute atomic E-state index is 0.0517. The van der Waals surface area contributed by atoms with Gasteiger partial charge >= 0.3 is 0 Å². The predicted molar refractivity (Wildman–Crippen MR) is 88.2 cm³/mol. The van der Waals surface area contributed by atoms with Gasteiger partial charge in [0.1, 0.15) is 17.3 Å². The number of methoxy groups -OCH3 is 2. The molecule has 126 valence electrons. The van der Waals surface area contributed by atoms with Crippen LogP contribution in [0.1, 0.15) is 17.3 Å². The maximum absolute atomic E-state index is 13.9. The Morgan fingerprint density at radius 3 is 2.38 bits per heavy atom. The molecular weight excluding hydrogens is 315 g/mol. The van der Waals surface area contributed by atoms with Crippen molar-refractivity contribution >= 4 is 23.2 Å². The van der Waals surface area contributed by atoms with E-state index < -0.39 is 11.7 Å². The van der Waals surface area contributed by atoms with Gasteiger partial charge in [-0.2, -0.15) is 0 Å². The SMILES string of the molecule is COc1ccc(C(=O)Nc2cc(NC(C)=O)ccc2F)c(OC)c1. The smallest absolute Gasteiger partial charge is 0.259 e. The lowest BCUT2D eigenvalue weighted by Crippen LogP contribution is -2.15. The van der Waals surface area contributed by atoms with Crippen LogP contribution in [0.15, 0.2) is 36.4 Å². The number of rotatable bonds is 5. The summed E-state index contributed by atoms with van der Waals surface area (Å²) in [6, 6.07) is 8.57. The van der Waals surface area contributed by atoms with E-state index in [4.69, 9.17) is 9.47 Å². The fraction of sp³-hybridized carbons (Fsp3) is 0.176. The van der Waals surface area contributed by atoms with Gasteiger partial charge in [-0.05, 0) is 30.3 Å². The molecule has 0 fully saturated rings. The number of hydrogen-bond donors (Lipinski definition) is 2. The van der Waals surface area contributed by atoms with Crippen molar-refractivity contribution < 1.29 is 23.5 Å². The maximum atomic E-state index is 13.9. The number of anilines is 2. The third-order valence-corrected chi connectivity index (χ3v) is 3.19. The zero-order valence-electron chi connectivity index (χ0n) is 13.5. The quantitative estimate of drug-likeness (QED) is 0.882. The van der Waals surface area contributed by atoms with Crippen molar-refractivity contribution in [2.24, 2.45) is 0 Å². The van der Waals surface area contributed by atoms with Crippen molar-refractivity contribution in [2.75, 3.05) is 24.9 Å². The van der Waals surface area contributed by atoms with Gasteiger partial charge in [-0.25, -0.2) is 4.39 Å². The van der Waals surface area contributed by atoms with E-state index in [9.17, 15) is 14.0 Å². The predicted octanol–water partition coefficient (Wildman–Crippen LogP) is 3.05. The van der Waals surface area contributed by atoms with Crippen LogP contribution < -0.4 is 20.1 Å². The number of ether oxygens (including phenoxy) is 2.